The molecule has 0 aliphatic heterocycles. The fourth-order valence-electron chi connectivity index (χ4n) is 1.27. The molecular formula is C12H19N3O2. The third kappa shape index (κ3) is 3.49. The Morgan fingerprint density at radius 3 is 2.53 bits per heavy atom. The molecule has 0 amide bonds. The number of carbonyl (C=O) groups excluding carboxylic acids is 1. The van der Waals surface area contributed by atoms with Gasteiger partial charge in [-0.25, -0.2) is 9.97 Å². The van der Waals surface area contributed by atoms with Crippen LogP contribution in [0, 0.1) is 5.41 Å². The van der Waals surface area contributed by atoms with E-state index >= 15 is 0 Å². The smallest absolute Gasteiger partial charge is 0.243 e. The van der Waals surface area contributed by atoms with Crippen molar-refractivity contribution in [2.24, 2.45) is 11.1 Å². The lowest BCUT2D eigenvalue weighted by Crippen LogP contribution is -2.37. The summed E-state index contributed by atoms with van der Waals surface area (Å²) in [6.45, 7) is 6.00. The van der Waals surface area contributed by atoms with Gasteiger partial charge in [0.15, 0.2) is 11.5 Å². The number of nitrogens with zero attached hydrogens (tertiary/aromatic N) is 2. The number of hydrogen-bond donors (Lipinski definition) is 1. The first kappa shape index (κ1) is 13.6. The van der Waals surface area contributed by atoms with Crippen molar-refractivity contribution in [3.05, 3.63) is 18.1 Å². The first-order valence-corrected chi connectivity index (χ1v) is 5.50. The molecule has 17 heavy (non-hydrogen) atoms. The summed E-state index contributed by atoms with van der Waals surface area (Å²) in [5, 5.41) is 0. The molecule has 2 N–H and O–H groups in total. The Morgan fingerprint density at radius 1 is 1.41 bits per heavy atom. The minimum Gasteiger partial charge on any atom is -0.479 e. The molecule has 94 valence electrons. The molecule has 1 heterocycles. The summed E-state index contributed by atoms with van der Waals surface area (Å²) in [5.74, 6) is 0.107. The van der Waals surface area contributed by atoms with Crippen LogP contribution in [0.25, 0.3) is 0 Å². The maximum absolute atomic E-state index is 12.0. The molecule has 0 fully saturated rings. The van der Waals surface area contributed by atoms with Gasteiger partial charge in [0, 0.05) is 24.9 Å². The molecule has 5 heteroatoms. The Balaban J connectivity index is 2.84. The van der Waals surface area contributed by atoms with Gasteiger partial charge in [0.1, 0.15) is 0 Å². The van der Waals surface area contributed by atoms with E-state index in [-0.39, 0.29) is 35.2 Å². The molecule has 0 radical (unpaired) electrons. The second-order valence-corrected chi connectivity index (χ2v) is 5.01. The molecule has 0 bridgehead atoms. The quantitative estimate of drug-likeness (QED) is 0.801. The monoisotopic (exact) mass is 237 g/mol. The van der Waals surface area contributed by atoms with Crippen LogP contribution in [0.15, 0.2) is 12.4 Å². The third-order valence-electron chi connectivity index (χ3n) is 2.64. The molecule has 0 aliphatic rings. The van der Waals surface area contributed by atoms with Crippen LogP contribution in [0.4, 0.5) is 0 Å². The summed E-state index contributed by atoms with van der Waals surface area (Å²) in [7, 11) is 1.46. The fraction of sp³-hybridized carbons (Fsp3) is 0.583. The zero-order valence-electron chi connectivity index (χ0n) is 10.7. The van der Waals surface area contributed by atoms with Crippen LogP contribution in [0.5, 0.6) is 5.88 Å². The van der Waals surface area contributed by atoms with Crippen LogP contribution in [0.2, 0.25) is 0 Å². The van der Waals surface area contributed by atoms with Crippen molar-refractivity contribution >= 4 is 5.78 Å². The van der Waals surface area contributed by atoms with E-state index in [0.29, 0.717) is 0 Å². The van der Waals surface area contributed by atoms with Gasteiger partial charge in [-0.2, -0.15) is 0 Å². The van der Waals surface area contributed by atoms with Gasteiger partial charge in [-0.1, -0.05) is 20.8 Å². The van der Waals surface area contributed by atoms with Crippen LogP contribution in [-0.4, -0.2) is 28.9 Å². The van der Waals surface area contributed by atoms with E-state index in [1.807, 2.05) is 20.8 Å². The van der Waals surface area contributed by atoms with Gasteiger partial charge in [-0.15, -0.1) is 0 Å². The van der Waals surface area contributed by atoms with Crippen molar-refractivity contribution in [2.45, 2.75) is 33.2 Å². The topological polar surface area (TPSA) is 78.1 Å². The second-order valence-electron chi connectivity index (χ2n) is 5.01. The summed E-state index contributed by atoms with van der Waals surface area (Å²) in [6, 6.07) is -0.221. The van der Waals surface area contributed by atoms with Crippen molar-refractivity contribution in [3.63, 3.8) is 0 Å². The average Bonchev–Trinajstić information content (AvgIpc) is 2.27. The average molecular weight is 237 g/mol. The number of ether oxygens (including phenoxy) is 1. The second kappa shape index (κ2) is 5.23. The van der Waals surface area contributed by atoms with E-state index < -0.39 is 0 Å². The van der Waals surface area contributed by atoms with Crippen LogP contribution in [0.3, 0.4) is 0 Å². The first-order chi connectivity index (χ1) is 7.86. The van der Waals surface area contributed by atoms with Gasteiger partial charge in [-0.3, -0.25) is 4.79 Å². The van der Waals surface area contributed by atoms with Gasteiger partial charge in [0.2, 0.25) is 5.88 Å². The molecule has 1 atom stereocenters. The van der Waals surface area contributed by atoms with Crippen molar-refractivity contribution in [3.8, 4) is 5.88 Å². The Labute approximate surface area is 101 Å². The predicted molar refractivity (Wildman–Crippen MR) is 65.0 cm³/mol. The number of hydrogen-bond acceptors (Lipinski definition) is 5. The number of carbonyl (C=O) groups is 1. The Bertz CT molecular complexity index is 399. The SMILES string of the molecule is COc1nccnc1C(=O)CC(N)C(C)(C)C. The van der Waals surface area contributed by atoms with Crippen molar-refractivity contribution in [1.29, 1.82) is 0 Å². The van der Waals surface area contributed by atoms with Crippen molar-refractivity contribution in [1.82, 2.24) is 9.97 Å². The number of Topliss-reactive ketones (excluding diaryl/α,β-unsaturated/α-hetero) is 1. The summed E-state index contributed by atoms with van der Waals surface area (Å²) in [6.07, 6.45) is 3.19. The zero-order valence-corrected chi connectivity index (χ0v) is 10.7. The van der Waals surface area contributed by atoms with Crippen LogP contribution in [-0.2, 0) is 0 Å². The fourth-order valence-corrected chi connectivity index (χ4v) is 1.27. The number of nitrogens with two attached hydrogens (primary N) is 1. The minimum absolute atomic E-state index is 0.120. The molecule has 0 aromatic carbocycles. The summed E-state index contributed by atoms with van der Waals surface area (Å²) in [5.41, 5.74) is 6.10. The summed E-state index contributed by atoms with van der Waals surface area (Å²) >= 11 is 0. The highest BCUT2D eigenvalue weighted by atomic mass is 16.5. The minimum atomic E-state index is -0.221. The molecule has 0 saturated carbocycles. The largest absolute Gasteiger partial charge is 0.479 e. The Hall–Kier alpha value is -1.49. The molecule has 1 aromatic heterocycles. The summed E-state index contributed by atoms with van der Waals surface area (Å²) < 4.78 is 5.00. The van der Waals surface area contributed by atoms with Crippen LogP contribution < -0.4 is 10.5 Å². The van der Waals surface area contributed by atoms with E-state index in [9.17, 15) is 4.79 Å². The maximum atomic E-state index is 12.0. The zero-order chi connectivity index (χ0) is 13.1. The molecule has 5 nitrogen and oxygen atoms in total. The Kier molecular flexibility index (Phi) is 4.17. The summed E-state index contributed by atoms with van der Waals surface area (Å²) in [4.78, 5) is 20.0. The van der Waals surface area contributed by atoms with E-state index in [2.05, 4.69) is 9.97 Å². The molecule has 1 rings (SSSR count). The van der Waals surface area contributed by atoms with Crippen molar-refractivity contribution < 1.29 is 9.53 Å². The van der Waals surface area contributed by atoms with Crippen LogP contribution in [0.1, 0.15) is 37.7 Å². The highest BCUT2D eigenvalue weighted by Gasteiger charge is 2.25. The maximum Gasteiger partial charge on any atom is 0.243 e. The van der Waals surface area contributed by atoms with E-state index in [0.717, 1.165) is 0 Å². The predicted octanol–water partition coefficient (Wildman–Crippen LogP) is 1.43. The number of methoxy groups -OCH3 is 1. The van der Waals surface area contributed by atoms with Gasteiger partial charge in [-0.05, 0) is 5.41 Å². The van der Waals surface area contributed by atoms with E-state index in [4.69, 9.17) is 10.5 Å². The molecule has 0 aliphatic carbocycles. The lowest BCUT2D eigenvalue weighted by molar-refractivity contribution is 0.0944. The first-order valence-electron chi connectivity index (χ1n) is 5.50. The normalized spacial score (nSPS) is 13.2. The van der Waals surface area contributed by atoms with Crippen LogP contribution >= 0.6 is 0 Å². The molecule has 1 unspecified atom stereocenters. The van der Waals surface area contributed by atoms with Gasteiger partial charge < -0.3 is 10.5 Å². The highest BCUT2D eigenvalue weighted by Crippen LogP contribution is 2.22. The molecule has 0 spiro atoms. The molecular weight excluding hydrogens is 218 g/mol. The number of aromatic nitrogens is 2. The van der Waals surface area contributed by atoms with Gasteiger partial charge in [0.05, 0.1) is 7.11 Å². The lowest BCUT2D eigenvalue weighted by atomic mass is 9.84. The van der Waals surface area contributed by atoms with E-state index in [1.54, 1.807) is 0 Å². The molecule has 0 saturated heterocycles. The highest BCUT2D eigenvalue weighted by molar-refractivity contribution is 5.96. The Morgan fingerprint density at radius 2 is 2.00 bits per heavy atom. The standard InChI is InChI=1S/C12H19N3O2/c1-12(2,3)9(13)7-8(16)10-11(17-4)15-6-5-14-10/h5-6,9H,7,13H2,1-4H3. The van der Waals surface area contributed by atoms with E-state index in [1.165, 1.54) is 19.5 Å². The van der Waals surface area contributed by atoms with Crippen molar-refractivity contribution in [2.75, 3.05) is 7.11 Å². The number of rotatable bonds is 4. The van der Waals surface area contributed by atoms with Gasteiger partial charge >= 0.3 is 0 Å². The van der Waals surface area contributed by atoms with Gasteiger partial charge in [0.25, 0.3) is 0 Å². The lowest BCUT2D eigenvalue weighted by Gasteiger charge is -2.26. The number of ketones is 1. The third-order valence-corrected chi connectivity index (χ3v) is 2.64. The molecule has 1 aromatic rings.